The first-order chi connectivity index (χ1) is 16.6. The highest BCUT2D eigenvalue weighted by molar-refractivity contribution is 6.30. The quantitative estimate of drug-likeness (QED) is 0.421. The molecule has 0 spiro atoms. The van der Waals surface area contributed by atoms with Gasteiger partial charge in [0, 0.05) is 42.6 Å². The van der Waals surface area contributed by atoms with E-state index < -0.39 is 0 Å². The van der Waals surface area contributed by atoms with E-state index in [0.717, 1.165) is 54.0 Å². The van der Waals surface area contributed by atoms with Gasteiger partial charge in [-0.2, -0.15) is 5.10 Å². The van der Waals surface area contributed by atoms with Crippen molar-refractivity contribution in [1.82, 2.24) is 19.9 Å². The van der Waals surface area contributed by atoms with Gasteiger partial charge in [-0.3, -0.25) is 4.79 Å². The Morgan fingerprint density at radius 3 is 2.76 bits per heavy atom. The number of anilines is 1. The molecule has 1 aliphatic heterocycles. The Morgan fingerprint density at radius 2 is 1.97 bits per heavy atom. The Labute approximate surface area is 204 Å². The van der Waals surface area contributed by atoms with Crippen LogP contribution < -0.4 is 10.2 Å². The van der Waals surface area contributed by atoms with Gasteiger partial charge in [0.25, 0.3) is 0 Å². The van der Waals surface area contributed by atoms with E-state index in [9.17, 15) is 4.79 Å². The maximum Gasteiger partial charge on any atom is 0.225 e. The summed E-state index contributed by atoms with van der Waals surface area (Å²) in [5.41, 5.74) is 5.16. The molecule has 1 amide bonds. The van der Waals surface area contributed by atoms with Crippen molar-refractivity contribution in [3.05, 3.63) is 83.1 Å². The third kappa shape index (κ3) is 4.77. The molecule has 0 bridgehead atoms. The molecule has 1 unspecified atom stereocenters. The van der Waals surface area contributed by atoms with Crippen LogP contribution in [0.2, 0.25) is 5.02 Å². The van der Waals surface area contributed by atoms with E-state index in [1.54, 1.807) is 6.20 Å². The van der Waals surface area contributed by atoms with Crippen LogP contribution in [-0.2, 0) is 17.8 Å². The van der Waals surface area contributed by atoms with Crippen LogP contribution in [0.15, 0.2) is 67.0 Å². The van der Waals surface area contributed by atoms with Gasteiger partial charge < -0.3 is 10.2 Å². The first-order valence-electron chi connectivity index (χ1n) is 11.8. The van der Waals surface area contributed by atoms with E-state index in [0.29, 0.717) is 18.1 Å². The summed E-state index contributed by atoms with van der Waals surface area (Å²) in [4.78, 5) is 19.8. The Kier molecular flexibility index (Phi) is 6.50. The normalized spacial score (nSPS) is 16.1. The van der Waals surface area contributed by atoms with Crippen LogP contribution in [0.3, 0.4) is 0 Å². The van der Waals surface area contributed by atoms with Gasteiger partial charge in [-0.25, -0.2) is 9.50 Å². The van der Waals surface area contributed by atoms with Crippen molar-refractivity contribution >= 4 is 28.8 Å². The molecule has 0 aliphatic carbocycles. The zero-order valence-corrected chi connectivity index (χ0v) is 20.0. The summed E-state index contributed by atoms with van der Waals surface area (Å²) in [6, 6.07) is 18.2. The molecule has 1 aliphatic rings. The minimum absolute atomic E-state index is 0.0685. The second-order valence-corrected chi connectivity index (χ2v) is 9.23. The molecule has 2 aromatic carbocycles. The molecular weight excluding hydrogens is 446 g/mol. The van der Waals surface area contributed by atoms with Crippen LogP contribution in [0.1, 0.15) is 30.9 Å². The Hall–Kier alpha value is -3.38. The number of carbonyl (C=O) groups is 1. The number of hydrogen-bond donors (Lipinski definition) is 1. The van der Waals surface area contributed by atoms with Crippen LogP contribution in [0.5, 0.6) is 0 Å². The van der Waals surface area contributed by atoms with Gasteiger partial charge in [0.15, 0.2) is 5.82 Å². The topological polar surface area (TPSA) is 62.5 Å². The van der Waals surface area contributed by atoms with Gasteiger partial charge >= 0.3 is 0 Å². The summed E-state index contributed by atoms with van der Waals surface area (Å²) in [6.45, 7) is 4.21. The highest BCUT2D eigenvalue weighted by Gasteiger charge is 2.27. The minimum Gasteiger partial charge on any atom is -0.354 e. The highest BCUT2D eigenvalue weighted by atomic mass is 35.5. The smallest absolute Gasteiger partial charge is 0.225 e. The average molecular weight is 474 g/mol. The van der Waals surface area contributed by atoms with Crippen molar-refractivity contribution in [2.75, 3.05) is 18.0 Å². The molecule has 1 atom stereocenters. The predicted octanol–water partition coefficient (Wildman–Crippen LogP) is 5.14. The fourth-order valence-electron chi connectivity index (χ4n) is 4.55. The highest BCUT2D eigenvalue weighted by Crippen LogP contribution is 2.29. The molecule has 34 heavy (non-hydrogen) atoms. The summed E-state index contributed by atoms with van der Waals surface area (Å²) in [6.07, 6.45) is 6.46. The van der Waals surface area contributed by atoms with Crippen LogP contribution in [0, 0.1) is 5.92 Å². The SMILES string of the molecule is CCc1ccc(CNC(=O)C2CCCN(c3nccn4nc(-c5cccc(Cl)c5)cc34)C2)cc1. The number of nitrogens with one attached hydrogen (secondary N) is 1. The summed E-state index contributed by atoms with van der Waals surface area (Å²) < 4.78 is 1.85. The van der Waals surface area contributed by atoms with E-state index in [-0.39, 0.29) is 11.8 Å². The molecule has 7 heteroatoms. The van der Waals surface area contributed by atoms with Crippen molar-refractivity contribution in [3.8, 4) is 11.3 Å². The van der Waals surface area contributed by atoms with Crippen LogP contribution in [0.4, 0.5) is 5.82 Å². The second-order valence-electron chi connectivity index (χ2n) is 8.79. The number of aromatic nitrogens is 3. The Morgan fingerprint density at radius 1 is 1.15 bits per heavy atom. The van der Waals surface area contributed by atoms with Crippen molar-refractivity contribution in [3.63, 3.8) is 0 Å². The molecule has 4 aromatic rings. The number of halogens is 1. The summed E-state index contributed by atoms with van der Waals surface area (Å²) >= 11 is 6.18. The molecule has 0 radical (unpaired) electrons. The van der Waals surface area contributed by atoms with E-state index in [2.05, 4.69) is 46.4 Å². The molecule has 1 N–H and O–H groups in total. The molecular formula is C27H28ClN5O. The van der Waals surface area contributed by atoms with Crippen molar-refractivity contribution < 1.29 is 4.79 Å². The van der Waals surface area contributed by atoms with Crippen LogP contribution in [-0.4, -0.2) is 33.6 Å². The summed E-state index contributed by atoms with van der Waals surface area (Å²) in [7, 11) is 0. The van der Waals surface area contributed by atoms with Gasteiger partial charge in [-0.05, 0) is 48.6 Å². The third-order valence-electron chi connectivity index (χ3n) is 6.48. The molecule has 3 heterocycles. The van der Waals surface area contributed by atoms with Crippen LogP contribution in [0.25, 0.3) is 16.8 Å². The standard InChI is InChI=1S/C27H28ClN5O/c1-2-19-8-10-20(11-9-19)17-30-27(34)22-6-4-13-32(18-22)26-25-16-24(31-33(25)14-12-29-26)21-5-3-7-23(28)15-21/h3,5,7-12,14-16,22H,2,4,6,13,17-18H2,1H3,(H,30,34). The molecule has 5 rings (SSSR count). The van der Waals surface area contributed by atoms with Crippen LogP contribution >= 0.6 is 11.6 Å². The summed E-state index contributed by atoms with van der Waals surface area (Å²) in [5, 5.41) is 8.53. The maximum atomic E-state index is 13.0. The van der Waals surface area contributed by atoms with Gasteiger partial charge in [0.2, 0.25) is 5.91 Å². The first-order valence-corrected chi connectivity index (χ1v) is 12.2. The number of benzene rings is 2. The monoisotopic (exact) mass is 473 g/mol. The summed E-state index contributed by atoms with van der Waals surface area (Å²) in [5.74, 6) is 0.890. The van der Waals surface area contributed by atoms with Gasteiger partial charge in [0.1, 0.15) is 5.52 Å². The lowest BCUT2D eigenvalue weighted by Crippen LogP contribution is -2.43. The van der Waals surface area contributed by atoms with E-state index >= 15 is 0 Å². The maximum absolute atomic E-state index is 13.0. The van der Waals surface area contributed by atoms with E-state index in [4.69, 9.17) is 16.7 Å². The lowest BCUT2D eigenvalue weighted by atomic mass is 9.97. The fourth-order valence-corrected chi connectivity index (χ4v) is 4.74. The van der Waals surface area contributed by atoms with Crippen molar-refractivity contribution in [2.24, 2.45) is 5.92 Å². The zero-order valence-electron chi connectivity index (χ0n) is 19.2. The molecule has 174 valence electrons. The Balaban J connectivity index is 1.31. The number of hydrogen-bond acceptors (Lipinski definition) is 4. The Bertz CT molecular complexity index is 1300. The molecule has 0 saturated carbocycles. The number of piperidine rings is 1. The average Bonchev–Trinajstić information content (AvgIpc) is 3.32. The number of carbonyl (C=O) groups excluding carboxylic acids is 1. The number of rotatable bonds is 6. The fraction of sp³-hybridized carbons (Fsp3) is 0.296. The van der Waals surface area contributed by atoms with E-state index in [1.807, 2.05) is 41.0 Å². The lowest BCUT2D eigenvalue weighted by Gasteiger charge is -2.33. The molecule has 6 nitrogen and oxygen atoms in total. The minimum atomic E-state index is -0.0685. The largest absolute Gasteiger partial charge is 0.354 e. The number of aryl methyl sites for hydroxylation is 1. The van der Waals surface area contributed by atoms with Crippen molar-refractivity contribution in [2.45, 2.75) is 32.7 Å². The first kappa shape index (κ1) is 22.4. The van der Waals surface area contributed by atoms with Gasteiger partial charge in [0.05, 0.1) is 11.6 Å². The third-order valence-corrected chi connectivity index (χ3v) is 6.71. The zero-order chi connectivity index (χ0) is 23.5. The number of amides is 1. The molecule has 1 saturated heterocycles. The predicted molar refractivity (Wildman–Crippen MR) is 136 cm³/mol. The molecule has 2 aromatic heterocycles. The molecule has 1 fully saturated rings. The van der Waals surface area contributed by atoms with Gasteiger partial charge in [-0.1, -0.05) is 54.9 Å². The lowest BCUT2D eigenvalue weighted by molar-refractivity contribution is -0.125. The number of nitrogens with zero attached hydrogens (tertiary/aromatic N) is 4. The van der Waals surface area contributed by atoms with Gasteiger partial charge in [-0.15, -0.1) is 0 Å². The van der Waals surface area contributed by atoms with E-state index in [1.165, 1.54) is 5.56 Å². The second kappa shape index (κ2) is 9.85. The number of fused-ring (bicyclic) bond motifs is 1. The van der Waals surface area contributed by atoms with Crippen molar-refractivity contribution in [1.29, 1.82) is 0 Å².